The lowest BCUT2D eigenvalue weighted by Gasteiger charge is -2.27. The van der Waals surface area contributed by atoms with Crippen LogP contribution in [-0.4, -0.2) is 74.3 Å². The van der Waals surface area contributed by atoms with Gasteiger partial charge < -0.3 is 19.4 Å². The molecule has 80 heavy (non-hydrogen) atoms. The number of unbranched alkanes of at least 4 members (excludes halogenated alkanes) is 34. The van der Waals surface area contributed by atoms with Crippen LogP contribution in [0.3, 0.4) is 0 Å². The third-order valence-electron chi connectivity index (χ3n) is 14.6. The molecule has 0 aromatic heterocycles. The first-order valence-electron chi connectivity index (χ1n) is 33.4. The van der Waals surface area contributed by atoms with Crippen molar-refractivity contribution in [2.24, 2.45) is 0 Å². The third-order valence-corrected chi connectivity index (χ3v) is 15.6. The van der Waals surface area contributed by atoms with Gasteiger partial charge in [-0.15, -0.1) is 0 Å². The van der Waals surface area contributed by atoms with Gasteiger partial charge in [0.05, 0.1) is 33.8 Å². The molecule has 0 spiro atoms. The van der Waals surface area contributed by atoms with Crippen molar-refractivity contribution in [3.05, 3.63) is 85.1 Å². The van der Waals surface area contributed by atoms with E-state index in [1.54, 1.807) is 0 Å². The van der Waals surface area contributed by atoms with Crippen LogP contribution in [0.5, 0.6) is 0 Å². The zero-order valence-corrected chi connectivity index (χ0v) is 54.0. The van der Waals surface area contributed by atoms with Gasteiger partial charge in [-0.25, -0.2) is 4.57 Å². The predicted octanol–water partition coefficient (Wildman–Crippen LogP) is 21.0. The molecule has 10 heteroatoms. The summed E-state index contributed by atoms with van der Waals surface area (Å²) in [6, 6.07) is -0.858. The van der Waals surface area contributed by atoms with Crippen LogP contribution in [0.4, 0.5) is 0 Å². The van der Waals surface area contributed by atoms with Crippen molar-refractivity contribution in [3.63, 3.8) is 0 Å². The largest absolute Gasteiger partial charge is 0.472 e. The molecule has 3 atom stereocenters. The average Bonchev–Trinajstić information content (AvgIpc) is 3.42. The number of carbonyl (C=O) groups excluding carboxylic acids is 2. The second-order valence-corrected chi connectivity index (χ2v) is 25.1. The van der Waals surface area contributed by atoms with E-state index in [0.29, 0.717) is 17.4 Å². The predicted molar refractivity (Wildman–Crippen MR) is 346 cm³/mol. The van der Waals surface area contributed by atoms with Crippen molar-refractivity contribution < 1.29 is 37.3 Å². The summed E-state index contributed by atoms with van der Waals surface area (Å²) in [6.07, 6.45) is 78.8. The minimum absolute atomic E-state index is 0.0351. The van der Waals surface area contributed by atoms with Gasteiger partial charge >= 0.3 is 13.8 Å². The van der Waals surface area contributed by atoms with Gasteiger partial charge in [0.1, 0.15) is 19.3 Å². The first-order chi connectivity index (χ1) is 38.9. The van der Waals surface area contributed by atoms with Crippen molar-refractivity contribution in [2.75, 3.05) is 40.9 Å². The van der Waals surface area contributed by atoms with Gasteiger partial charge in [-0.1, -0.05) is 280 Å². The summed E-state index contributed by atoms with van der Waals surface area (Å²) in [6.45, 7) is 6.86. The maximum atomic E-state index is 13.5. The topological polar surface area (TPSA) is 111 Å². The molecule has 0 rings (SSSR count). The number of nitrogens with one attached hydrogen (secondary N) is 1. The lowest BCUT2D eigenvalue weighted by molar-refractivity contribution is -0.870. The van der Waals surface area contributed by atoms with Crippen molar-refractivity contribution in [2.45, 2.75) is 309 Å². The van der Waals surface area contributed by atoms with Gasteiger partial charge in [0.2, 0.25) is 5.91 Å². The summed E-state index contributed by atoms with van der Waals surface area (Å²) in [7, 11) is 1.48. The summed E-state index contributed by atoms with van der Waals surface area (Å²) >= 11 is 0. The summed E-state index contributed by atoms with van der Waals surface area (Å²) in [5.74, 6) is -0.516. The Hall–Kier alpha value is -2.81. The third kappa shape index (κ3) is 59.8. The highest BCUT2D eigenvalue weighted by Crippen LogP contribution is 2.43. The maximum Gasteiger partial charge on any atom is 0.472 e. The number of ether oxygens (including phenoxy) is 1. The lowest BCUT2D eigenvalue weighted by atomic mass is 10.0. The highest BCUT2D eigenvalue weighted by Gasteiger charge is 2.30. The van der Waals surface area contributed by atoms with E-state index in [4.69, 9.17) is 13.8 Å². The number of hydrogen-bond donors (Lipinski definition) is 2. The Labute approximate surface area is 495 Å². The van der Waals surface area contributed by atoms with Crippen LogP contribution in [0.15, 0.2) is 85.1 Å². The average molecular weight is 1140 g/mol. The summed E-state index contributed by atoms with van der Waals surface area (Å²) in [4.78, 5) is 37.8. The number of hydrogen-bond acceptors (Lipinski definition) is 6. The first-order valence-corrected chi connectivity index (χ1v) is 34.9. The molecule has 0 aromatic rings. The van der Waals surface area contributed by atoms with Crippen LogP contribution in [0.25, 0.3) is 0 Å². The van der Waals surface area contributed by atoms with E-state index >= 15 is 0 Å². The van der Waals surface area contributed by atoms with E-state index in [1.165, 1.54) is 173 Å². The molecule has 0 aliphatic carbocycles. The first kappa shape index (κ1) is 77.2. The fourth-order valence-corrected chi connectivity index (χ4v) is 10.2. The number of phosphoric ester groups is 1. The Morgan fingerprint density at radius 2 is 0.850 bits per heavy atom. The summed E-state index contributed by atoms with van der Waals surface area (Å²) in [5.41, 5.74) is 0. The summed E-state index contributed by atoms with van der Waals surface area (Å²) in [5, 5.41) is 3.05. The minimum atomic E-state index is -4.46. The zero-order chi connectivity index (χ0) is 58.6. The van der Waals surface area contributed by atoms with Gasteiger partial charge in [0, 0.05) is 12.8 Å². The van der Waals surface area contributed by atoms with E-state index in [0.717, 1.165) is 89.9 Å². The number of allylic oxidation sites excluding steroid dienone is 13. The van der Waals surface area contributed by atoms with Crippen molar-refractivity contribution in [3.8, 4) is 0 Å². The number of likely N-dealkylation sites (N-methyl/N-ethyl adjacent to an activating group) is 1. The second kappa shape index (κ2) is 59.4. The Kier molecular flexibility index (Phi) is 57.3. The fraction of sp³-hybridized carbons (Fsp3) is 0.771. The molecule has 2 N–H and O–H groups in total. The molecule has 0 heterocycles. The highest BCUT2D eigenvalue weighted by molar-refractivity contribution is 7.47. The normalized spacial score (nSPS) is 14.1. The molecule has 0 aliphatic rings. The van der Waals surface area contributed by atoms with Gasteiger partial charge in [0.25, 0.3) is 0 Å². The van der Waals surface area contributed by atoms with E-state index in [1.807, 2.05) is 33.3 Å². The zero-order valence-electron chi connectivity index (χ0n) is 53.1. The maximum absolute atomic E-state index is 13.5. The molecule has 464 valence electrons. The van der Waals surface area contributed by atoms with E-state index in [-0.39, 0.29) is 31.5 Å². The second-order valence-electron chi connectivity index (χ2n) is 23.7. The van der Waals surface area contributed by atoms with Gasteiger partial charge in [-0.05, 0) is 89.5 Å². The molecule has 0 aromatic carbocycles. The van der Waals surface area contributed by atoms with Crippen LogP contribution in [0, 0.1) is 0 Å². The van der Waals surface area contributed by atoms with E-state index in [9.17, 15) is 19.0 Å². The number of quaternary nitrogens is 1. The summed E-state index contributed by atoms with van der Waals surface area (Å²) < 4.78 is 30.7. The molecule has 0 bridgehead atoms. The number of esters is 1. The minimum Gasteiger partial charge on any atom is -0.456 e. The molecule has 1 amide bonds. The molecule has 0 fully saturated rings. The number of rotatable bonds is 60. The standard InChI is InChI=1S/C70H127N2O7P/c1-7-10-13-16-19-22-25-28-30-31-32-33-34-35-36-37-38-39-40-41-43-45-48-51-54-57-60-63-70(74)79-68(61-58-55-52-49-46-27-24-21-18-15-12-9-3)67(66-78-80(75,76)77-65-64-72(4,5)6)71-69(73)62-59-56-53-50-47-44-42-29-26-23-20-17-14-11-8-2/h11,14,17,19-20,22-23,26,28,30,32-33,58,61,67-68H,7-10,12-13,15-16,18,21,24-25,27,29,31,34-57,59-60,62-66H2,1-6H3,(H-,71,73,75,76)/p+1/b14-11+,20-17+,22-19-,26-23+,30-28-,33-32-,61-58-. The van der Waals surface area contributed by atoms with Gasteiger partial charge in [-0.2, -0.15) is 0 Å². The van der Waals surface area contributed by atoms with Crippen LogP contribution >= 0.6 is 7.82 Å². The van der Waals surface area contributed by atoms with Crippen LogP contribution in [0.1, 0.15) is 297 Å². The lowest BCUT2D eigenvalue weighted by Crippen LogP contribution is -2.47. The van der Waals surface area contributed by atoms with Crippen molar-refractivity contribution in [1.82, 2.24) is 5.32 Å². The monoisotopic (exact) mass is 1140 g/mol. The van der Waals surface area contributed by atoms with Crippen molar-refractivity contribution >= 4 is 19.7 Å². The highest BCUT2D eigenvalue weighted by atomic mass is 31.2. The molecule has 0 saturated carbocycles. The Balaban J connectivity index is 5.05. The molecule has 9 nitrogen and oxygen atoms in total. The van der Waals surface area contributed by atoms with Gasteiger partial charge in [-0.3, -0.25) is 18.6 Å². The molecule has 3 unspecified atom stereocenters. The Morgan fingerprint density at radius 1 is 0.463 bits per heavy atom. The smallest absolute Gasteiger partial charge is 0.456 e. The van der Waals surface area contributed by atoms with E-state index < -0.39 is 20.0 Å². The Morgan fingerprint density at radius 3 is 1.32 bits per heavy atom. The SMILES string of the molecule is CC/C=C/C=C/C=C/CCCCCCCCCC(=O)NC(COP(=O)(O)OCC[N+](C)(C)C)C(/C=C\CCCCCCCCCCCC)OC(=O)CCCCCCCCCCCCCCCC/C=C\C/C=C\C/C=C\CCCCC. The number of phosphoric acid groups is 1. The molecule has 0 radical (unpaired) electrons. The Bertz CT molecular complexity index is 1640. The number of nitrogens with zero attached hydrogens (tertiary/aromatic N) is 1. The molecular weight excluding hydrogens is 1010 g/mol. The van der Waals surface area contributed by atoms with Gasteiger partial charge in [0.15, 0.2) is 0 Å². The van der Waals surface area contributed by atoms with Crippen LogP contribution < -0.4 is 5.32 Å². The molecule has 0 saturated heterocycles. The van der Waals surface area contributed by atoms with E-state index in [2.05, 4.69) is 99.0 Å². The fourth-order valence-electron chi connectivity index (χ4n) is 9.48. The van der Waals surface area contributed by atoms with Crippen molar-refractivity contribution in [1.29, 1.82) is 0 Å². The number of amides is 1. The quantitative estimate of drug-likeness (QED) is 0.0156. The van der Waals surface area contributed by atoms with Crippen LogP contribution in [-0.2, 0) is 27.9 Å². The number of carbonyl (C=O) groups is 2. The van der Waals surface area contributed by atoms with Crippen LogP contribution in [0.2, 0.25) is 0 Å². The molecular formula is C70H128N2O7P+. The molecule has 0 aliphatic heterocycles.